The van der Waals surface area contributed by atoms with Gasteiger partial charge in [-0.3, -0.25) is 10.1 Å². The Hall–Kier alpha value is -2.52. The van der Waals surface area contributed by atoms with Gasteiger partial charge in [-0.2, -0.15) is 26.2 Å². The molecule has 0 heterocycles. The fourth-order valence-electron chi connectivity index (χ4n) is 11.8. The van der Waals surface area contributed by atoms with Crippen LogP contribution in [0, 0.1) is 46.3 Å². The molecule has 0 saturated heterocycles. The van der Waals surface area contributed by atoms with Crippen molar-refractivity contribution >= 4 is 57.8 Å². The number of carbonyl (C=O) groups is 2. The molecule has 8 aliphatic rings. The molecule has 0 aromatic heterocycles. The van der Waals surface area contributed by atoms with Crippen LogP contribution in [0.15, 0.2) is 106 Å². The standard InChI is InChI=1S/2C13H18F2O5S.C13H13S.C8H11S.3C2H6/c2*14-13(15,21-20-19-17)11(16)18-7-12-4-8-1-9(5-12)3-10(2-8)6-12;1-14(12-8-4-2-5-9-12)13-10-6-3-7-11-13;1-9(2)8-6-4-3-5-7-8;3*1-2/h2*8-10,17H,1-7H2;2-11H,1H3;3-7H,1-2H3;3*1-2H3/q;;2*+1;;;/p-2. The highest BCUT2D eigenvalue weighted by atomic mass is 32.2. The van der Waals surface area contributed by atoms with Crippen LogP contribution in [0.2, 0.25) is 0 Å². The number of benzene rings is 3. The van der Waals surface area contributed by atoms with Crippen LogP contribution in [-0.4, -0.2) is 54.4 Å². The third-order valence-electron chi connectivity index (χ3n) is 13.6. The van der Waals surface area contributed by atoms with E-state index in [1.165, 1.54) is 53.2 Å². The minimum Gasteiger partial charge on any atom is -0.691 e. The molecule has 0 N–H and O–H groups in total. The lowest BCUT2D eigenvalue weighted by Crippen LogP contribution is -2.49. The predicted molar refractivity (Wildman–Crippen MR) is 273 cm³/mol. The first-order valence-electron chi connectivity index (χ1n) is 24.8. The fraction of sp³-hybridized carbons (Fsp3) is 0.623. The zero-order valence-electron chi connectivity index (χ0n) is 42.8. The second-order valence-corrected chi connectivity index (χ2v) is 24.4. The highest BCUT2D eigenvalue weighted by Crippen LogP contribution is 2.61. The minimum atomic E-state index is -3.94. The van der Waals surface area contributed by atoms with Crippen molar-refractivity contribution in [1.82, 2.24) is 0 Å². The SMILES string of the molecule is CC.CC.CC.C[S+](C)c1ccccc1.C[S+](c1ccccc1)c1ccccc1.O=C(OCC12CC3CC(CC(C3)C1)C2)C(F)(F)SOO[O-].O=C(OCC12CC3CC(CC(C3)C1)C2)C(F)(F)SOO[O-]. The Balaban J connectivity index is 0.000000250. The van der Waals surface area contributed by atoms with E-state index < -0.39 is 46.5 Å². The van der Waals surface area contributed by atoms with Gasteiger partial charge in [-0.1, -0.05) is 96.1 Å². The fourth-order valence-corrected chi connectivity index (χ4v) is 14.4. The molecule has 11 rings (SSSR count). The lowest BCUT2D eigenvalue weighted by molar-refractivity contribution is -0.777. The van der Waals surface area contributed by atoms with Crippen molar-refractivity contribution in [3.05, 3.63) is 91.0 Å². The average Bonchev–Trinajstić information content (AvgIpc) is 3.38. The van der Waals surface area contributed by atoms with Gasteiger partial charge in [0.2, 0.25) is 0 Å². The van der Waals surface area contributed by atoms with Gasteiger partial charge in [-0.15, -0.1) is 0 Å². The first kappa shape index (κ1) is 62.8. The molecule has 400 valence electrons. The van der Waals surface area contributed by atoms with E-state index >= 15 is 0 Å². The number of carbonyl (C=O) groups excluding carboxylic acids is 2. The quantitative estimate of drug-likeness (QED) is 0.0358. The summed E-state index contributed by atoms with van der Waals surface area (Å²) in [6.07, 6.45) is 19.9. The Morgan fingerprint density at radius 2 is 0.761 bits per heavy atom. The molecule has 8 bridgehead atoms. The van der Waals surface area contributed by atoms with Gasteiger partial charge in [-0.05, 0) is 149 Å². The number of ether oxygens (including phenoxy) is 2. The molecular weight excluding hydrogens is 1000 g/mol. The molecule has 3 aromatic carbocycles. The van der Waals surface area contributed by atoms with E-state index in [1.54, 1.807) is 0 Å². The molecule has 18 heteroatoms. The number of halogens is 4. The van der Waals surface area contributed by atoms with E-state index in [1.807, 2.05) is 41.5 Å². The van der Waals surface area contributed by atoms with E-state index in [9.17, 15) is 37.7 Å². The number of rotatable bonds is 15. The van der Waals surface area contributed by atoms with Gasteiger partial charge >= 0.3 is 22.4 Å². The van der Waals surface area contributed by atoms with Crippen LogP contribution in [-0.2, 0) is 59.6 Å². The van der Waals surface area contributed by atoms with Crippen molar-refractivity contribution < 1.29 is 65.9 Å². The van der Waals surface area contributed by atoms with Crippen LogP contribution >= 0.6 is 24.1 Å². The van der Waals surface area contributed by atoms with Gasteiger partial charge in [0.1, 0.15) is 42.9 Å². The van der Waals surface area contributed by atoms with Crippen LogP contribution in [0.1, 0.15) is 119 Å². The maximum absolute atomic E-state index is 13.3. The first-order chi connectivity index (χ1) is 34.0. The van der Waals surface area contributed by atoms with Gasteiger partial charge in [0.05, 0.1) is 24.1 Å². The minimum absolute atomic E-state index is 0.0315. The Bertz CT molecular complexity index is 1750. The smallest absolute Gasteiger partial charge is 0.415 e. The number of alkyl halides is 4. The second kappa shape index (κ2) is 31.4. The summed E-state index contributed by atoms with van der Waals surface area (Å²) in [6, 6.07) is 31.8. The molecule has 0 amide bonds. The summed E-state index contributed by atoms with van der Waals surface area (Å²) in [7, 11) is 0.624. The number of hydrogen-bond donors (Lipinski definition) is 0. The molecule has 8 saturated carbocycles. The molecule has 3 aromatic rings. The van der Waals surface area contributed by atoms with Crippen molar-refractivity contribution in [3.63, 3.8) is 0 Å². The molecule has 0 radical (unpaired) electrons. The maximum Gasteiger partial charge on any atom is 0.415 e. The monoisotopic (exact) mass is 1080 g/mol. The number of esters is 2. The van der Waals surface area contributed by atoms with Crippen molar-refractivity contribution in [1.29, 1.82) is 0 Å². The largest absolute Gasteiger partial charge is 0.691 e. The zero-order valence-corrected chi connectivity index (χ0v) is 46.0. The lowest BCUT2D eigenvalue weighted by Gasteiger charge is -2.56. The Labute approximate surface area is 434 Å². The summed E-state index contributed by atoms with van der Waals surface area (Å²) in [6.45, 7) is 12.1. The van der Waals surface area contributed by atoms with Gasteiger partial charge in [0.15, 0.2) is 14.7 Å². The molecule has 0 spiro atoms. The molecule has 0 unspecified atom stereocenters. The van der Waals surface area contributed by atoms with Crippen LogP contribution in [0.5, 0.6) is 0 Å². The van der Waals surface area contributed by atoms with E-state index in [-0.39, 0.29) is 34.9 Å². The van der Waals surface area contributed by atoms with Crippen molar-refractivity contribution in [3.8, 4) is 0 Å². The van der Waals surface area contributed by atoms with Crippen LogP contribution in [0.4, 0.5) is 17.6 Å². The van der Waals surface area contributed by atoms with Crippen molar-refractivity contribution in [2.45, 2.75) is 144 Å². The normalized spacial score (nSPS) is 25.9. The molecule has 71 heavy (non-hydrogen) atoms. The number of hydrogen-bond acceptors (Lipinski definition) is 12. The highest BCUT2D eigenvalue weighted by Gasteiger charge is 2.54. The molecule has 0 atom stereocenters. The third-order valence-corrected chi connectivity index (χ3v) is 17.7. The van der Waals surface area contributed by atoms with Gasteiger partial charge in [0, 0.05) is 21.7 Å². The summed E-state index contributed by atoms with van der Waals surface area (Å²) in [5.74, 6) is 0.567. The molecule has 8 fully saturated rings. The molecular formula is C53H76F4O10S4. The van der Waals surface area contributed by atoms with Crippen molar-refractivity contribution in [2.75, 3.05) is 32.0 Å². The first-order valence-corrected chi connectivity index (χ1v) is 30.0. The second-order valence-electron chi connectivity index (χ2n) is 18.7. The average molecular weight is 1080 g/mol. The predicted octanol–water partition coefficient (Wildman–Crippen LogP) is 12.8. The third kappa shape index (κ3) is 19.6. The van der Waals surface area contributed by atoms with E-state index in [2.05, 4.69) is 129 Å². The molecule has 8 aliphatic carbocycles. The summed E-state index contributed by atoms with van der Waals surface area (Å²) in [4.78, 5) is 27.1. The van der Waals surface area contributed by atoms with E-state index in [0.717, 1.165) is 38.5 Å². The zero-order chi connectivity index (χ0) is 52.7. The van der Waals surface area contributed by atoms with Crippen LogP contribution < -0.4 is 10.5 Å². The van der Waals surface area contributed by atoms with Crippen molar-refractivity contribution in [2.24, 2.45) is 46.3 Å². The molecule has 10 nitrogen and oxygen atoms in total. The van der Waals surface area contributed by atoms with Crippen LogP contribution in [0.25, 0.3) is 0 Å². The Morgan fingerprint density at radius 3 is 0.986 bits per heavy atom. The summed E-state index contributed by atoms with van der Waals surface area (Å²) in [5, 5.41) is 16.9. The summed E-state index contributed by atoms with van der Waals surface area (Å²) >= 11 is -1.28. The maximum atomic E-state index is 13.3. The summed E-state index contributed by atoms with van der Waals surface area (Å²) in [5.41, 5.74) is -0.248. The Morgan fingerprint density at radius 1 is 0.507 bits per heavy atom. The topological polar surface area (TPSA) is 136 Å². The van der Waals surface area contributed by atoms with Gasteiger partial charge in [0.25, 0.3) is 0 Å². The summed E-state index contributed by atoms with van der Waals surface area (Å²) < 4.78 is 70.0. The lowest BCUT2D eigenvalue weighted by atomic mass is 9.50. The van der Waals surface area contributed by atoms with Gasteiger partial charge < -0.3 is 20.0 Å². The van der Waals surface area contributed by atoms with Gasteiger partial charge in [-0.25, -0.2) is 9.59 Å². The Kier molecular flexibility index (Phi) is 27.7. The molecule has 0 aliphatic heterocycles. The van der Waals surface area contributed by atoms with E-state index in [0.29, 0.717) is 46.4 Å². The van der Waals surface area contributed by atoms with Crippen LogP contribution in [0.3, 0.4) is 0 Å². The van der Waals surface area contributed by atoms with E-state index in [4.69, 9.17) is 9.47 Å². The highest BCUT2D eigenvalue weighted by molar-refractivity contribution is 7.97.